The second-order valence-corrected chi connectivity index (χ2v) is 5.72. The zero-order valence-electron chi connectivity index (χ0n) is 10.2. The van der Waals surface area contributed by atoms with Crippen LogP contribution in [0.25, 0.3) is 0 Å². The van der Waals surface area contributed by atoms with Crippen LogP contribution in [-0.4, -0.2) is 16.5 Å². The second kappa shape index (κ2) is 3.92. The lowest BCUT2D eigenvalue weighted by Gasteiger charge is -2.19. The first kappa shape index (κ1) is 11.2. The lowest BCUT2D eigenvalue weighted by atomic mass is 9.97. The summed E-state index contributed by atoms with van der Waals surface area (Å²) in [6.07, 6.45) is 2.39. The Hall–Kier alpha value is -1.32. The van der Waals surface area contributed by atoms with Crippen LogP contribution >= 0.6 is 0 Å². The van der Waals surface area contributed by atoms with Crippen LogP contribution in [0.5, 0.6) is 0 Å². The van der Waals surface area contributed by atoms with Crippen molar-refractivity contribution in [2.75, 3.05) is 17.6 Å². The van der Waals surface area contributed by atoms with E-state index in [4.69, 9.17) is 5.73 Å². The van der Waals surface area contributed by atoms with E-state index in [0.29, 0.717) is 11.7 Å². The molecule has 0 radical (unpaired) electrons. The minimum absolute atomic E-state index is 0.236. The van der Waals surface area contributed by atoms with Gasteiger partial charge in [-0.2, -0.15) is 0 Å². The first-order valence-electron chi connectivity index (χ1n) is 5.82. The summed E-state index contributed by atoms with van der Waals surface area (Å²) in [6.45, 7) is 7.44. The van der Waals surface area contributed by atoms with E-state index < -0.39 is 0 Å². The quantitative estimate of drug-likeness (QED) is 0.821. The summed E-state index contributed by atoms with van der Waals surface area (Å²) in [4.78, 5) is 8.76. The summed E-state index contributed by atoms with van der Waals surface area (Å²) in [5, 5.41) is 3.32. The van der Waals surface area contributed by atoms with Gasteiger partial charge in [-0.1, -0.05) is 20.8 Å². The Morgan fingerprint density at radius 1 is 1.38 bits per heavy atom. The maximum atomic E-state index is 5.77. The normalized spacial score (nSPS) is 16.2. The number of anilines is 2. The first-order chi connectivity index (χ1) is 7.44. The largest absolute Gasteiger partial charge is 0.384 e. The minimum atomic E-state index is 0.236. The number of hydrogen-bond donors (Lipinski definition) is 2. The summed E-state index contributed by atoms with van der Waals surface area (Å²) >= 11 is 0. The van der Waals surface area contributed by atoms with Crippen molar-refractivity contribution in [2.24, 2.45) is 5.41 Å². The number of nitrogens with one attached hydrogen (secondary N) is 1. The van der Waals surface area contributed by atoms with Crippen LogP contribution in [0, 0.1) is 5.41 Å². The van der Waals surface area contributed by atoms with Crippen molar-refractivity contribution in [1.82, 2.24) is 9.97 Å². The molecule has 0 amide bonds. The number of nitrogen functional groups attached to an aromatic ring is 1. The summed E-state index contributed by atoms with van der Waals surface area (Å²) in [5.41, 5.74) is 6.01. The molecule has 4 heteroatoms. The minimum Gasteiger partial charge on any atom is -0.384 e. The molecule has 0 aliphatic heterocycles. The number of aromatic nitrogens is 2. The van der Waals surface area contributed by atoms with E-state index in [1.54, 1.807) is 6.07 Å². The smallest absolute Gasteiger partial charge is 0.136 e. The van der Waals surface area contributed by atoms with E-state index in [-0.39, 0.29) is 5.41 Å². The molecule has 0 bridgehead atoms. The van der Waals surface area contributed by atoms with Crippen molar-refractivity contribution in [3.63, 3.8) is 0 Å². The highest BCUT2D eigenvalue weighted by Gasteiger charge is 2.27. The molecule has 1 heterocycles. The molecule has 1 aliphatic carbocycles. The van der Waals surface area contributed by atoms with Crippen LogP contribution in [0.15, 0.2) is 6.07 Å². The predicted molar refractivity (Wildman–Crippen MR) is 66.4 cm³/mol. The Morgan fingerprint density at radius 2 is 2.06 bits per heavy atom. The van der Waals surface area contributed by atoms with Gasteiger partial charge in [0.05, 0.1) is 0 Å². The van der Waals surface area contributed by atoms with Gasteiger partial charge in [0.2, 0.25) is 0 Å². The van der Waals surface area contributed by atoms with Gasteiger partial charge in [-0.25, -0.2) is 9.97 Å². The number of rotatable bonds is 3. The molecule has 4 nitrogen and oxygen atoms in total. The molecule has 2 rings (SSSR count). The van der Waals surface area contributed by atoms with Crippen molar-refractivity contribution in [2.45, 2.75) is 39.5 Å². The van der Waals surface area contributed by atoms with Gasteiger partial charge < -0.3 is 11.1 Å². The van der Waals surface area contributed by atoms with Gasteiger partial charge in [0.25, 0.3) is 0 Å². The molecule has 1 aliphatic rings. The van der Waals surface area contributed by atoms with E-state index in [2.05, 4.69) is 36.1 Å². The summed E-state index contributed by atoms with van der Waals surface area (Å²) in [7, 11) is 0. The predicted octanol–water partition coefficient (Wildman–Crippen LogP) is 2.39. The van der Waals surface area contributed by atoms with Gasteiger partial charge in [0.15, 0.2) is 0 Å². The maximum Gasteiger partial charge on any atom is 0.136 e. The van der Waals surface area contributed by atoms with Crippen LogP contribution in [0.4, 0.5) is 11.6 Å². The molecule has 0 saturated heterocycles. The fraction of sp³-hybridized carbons (Fsp3) is 0.667. The van der Waals surface area contributed by atoms with Gasteiger partial charge in [-0.3, -0.25) is 0 Å². The molecular weight excluding hydrogens is 200 g/mol. The topological polar surface area (TPSA) is 63.8 Å². The molecule has 0 unspecified atom stereocenters. The lowest BCUT2D eigenvalue weighted by Crippen LogP contribution is -2.20. The van der Waals surface area contributed by atoms with Crippen molar-refractivity contribution in [3.8, 4) is 0 Å². The van der Waals surface area contributed by atoms with Crippen molar-refractivity contribution in [1.29, 1.82) is 0 Å². The standard InChI is InChI=1S/C12H20N4/c1-12(2,3)7-14-10-6-9(13)15-11(16-10)8-4-5-8/h6,8H,4-5,7H2,1-3H3,(H3,13,14,15,16). The molecule has 16 heavy (non-hydrogen) atoms. The van der Waals surface area contributed by atoms with E-state index in [9.17, 15) is 0 Å². The van der Waals surface area contributed by atoms with Crippen molar-refractivity contribution >= 4 is 11.6 Å². The number of nitrogens with zero attached hydrogens (tertiary/aromatic N) is 2. The monoisotopic (exact) mass is 220 g/mol. The molecule has 1 fully saturated rings. The SMILES string of the molecule is CC(C)(C)CNc1cc(N)nc(C2CC2)n1. The molecule has 0 atom stereocenters. The molecule has 3 N–H and O–H groups in total. The highest BCUT2D eigenvalue weighted by atomic mass is 15.1. The summed E-state index contributed by atoms with van der Waals surface area (Å²) < 4.78 is 0. The van der Waals surface area contributed by atoms with Gasteiger partial charge in [-0.15, -0.1) is 0 Å². The molecule has 88 valence electrons. The Labute approximate surface area is 96.7 Å². The molecule has 1 saturated carbocycles. The van der Waals surface area contributed by atoms with Crippen LogP contribution in [0.1, 0.15) is 45.4 Å². The van der Waals surface area contributed by atoms with Crippen molar-refractivity contribution < 1.29 is 0 Å². The Morgan fingerprint density at radius 3 is 2.62 bits per heavy atom. The van der Waals surface area contributed by atoms with Gasteiger partial charge in [-0.05, 0) is 18.3 Å². The third kappa shape index (κ3) is 3.08. The number of hydrogen-bond acceptors (Lipinski definition) is 4. The van der Waals surface area contributed by atoms with Gasteiger partial charge in [0, 0.05) is 18.5 Å². The fourth-order valence-corrected chi connectivity index (χ4v) is 1.46. The van der Waals surface area contributed by atoms with Crippen LogP contribution in [0.3, 0.4) is 0 Å². The molecule has 0 aromatic carbocycles. The molecule has 0 spiro atoms. The maximum absolute atomic E-state index is 5.77. The highest BCUT2D eigenvalue weighted by Crippen LogP contribution is 2.38. The third-order valence-corrected chi connectivity index (χ3v) is 2.51. The Balaban J connectivity index is 2.08. The summed E-state index contributed by atoms with van der Waals surface area (Å²) in [5.74, 6) is 2.85. The van der Waals surface area contributed by atoms with Gasteiger partial charge in [0.1, 0.15) is 17.5 Å². The van der Waals surface area contributed by atoms with Gasteiger partial charge >= 0.3 is 0 Å². The summed E-state index contributed by atoms with van der Waals surface area (Å²) in [6, 6.07) is 1.80. The Bertz CT molecular complexity index is 377. The molecule has 1 aromatic heterocycles. The van der Waals surface area contributed by atoms with E-state index >= 15 is 0 Å². The third-order valence-electron chi connectivity index (χ3n) is 2.51. The fourth-order valence-electron chi connectivity index (χ4n) is 1.46. The molecular formula is C12H20N4. The average Bonchev–Trinajstić information content (AvgIpc) is 2.95. The average molecular weight is 220 g/mol. The zero-order valence-corrected chi connectivity index (χ0v) is 10.2. The Kier molecular flexibility index (Phi) is 2.74. The lowest BCUT2D eigenvalue weighted by molar-refractivity contribution is 0.442. The van der Waals surface area contributed by atoms with Crippen LogP contribution in [-0.2, 0) is 0 Å². The van der Waals surface area contributed by atoms with E-state index in [1.807, 2.05) is 0 Å². The van der Waals surface area contributed by atoms with E-state index in [1.165, 1.54) is 12.8 Å². The first-order valence-corrected chi connectivity index (χ1v) is 5.82. The van der Waals surface area contributed by atoms with E-state index in [0.717, 1.165) is 18.2 Å². The van der Waals surface area contributed by atoms with Crippen LogP contribution in [0.2, 0.25) is 0 Å². The van der Waals surface area contributed by atoms with Crippen LogP contribution < -0.4 is 11.1 Å². The highest BCUT2D eigenvalue weighted by molar-refractivity contribution is 5.45. The second-order valence-electron chi connectivity index (χ2n) is 5.72. The number of nitrogens with two attached hydrogens (primary N) is 1. The molecule has 1 aromatic rings. The zero-order chi connectivity index (χ0) is 11.8. The van der Waals surface area contributed by atoms with Crippen molar-refractivity contribution in [3.05, 3.63) is 11.9 Å².